The lowest BCUT2D eigenvalue weighted by molar-refractivity contribution is -0.384. The number of aromatic nitrogens is 1. The van der Waals surface area contributed by atoms with Crippen molar-refractivity contribution in [3.05, 3.63) is 22.2 Å². The molecule has 4 N–H and O–H groups in total. The number of anilines is 2. The second kappa shape index (κ2) is 3.60. The molecule has 7 heteroatoms. The number of hydrogen-bond donors (Lipinski definition) is 3. The molecule has 1 aliphatic carbocycles. The highest BCUT2D eigenvalue weighted by Gasteiger charge is 2.43. The summed E-state index contributed by atoms with van der Waals surface area (Å²) in [6.45, 7) is -0.0688. The molecule has 1 aromatic rings. The van der Waals surface area contributed by atoms with E-state index in [0.29, 0.717) is 0 Å². The Balaban J connectivity index is 2.31. The molecule has 0 radical (unpaired) electrons. The quantitative estimate of drug-likeness (QED) is 0.507. The van der Waals surface area contributed by atoms with Crippen LogP contribution in [0.3, 0.4) is 0 Å². The van der Waals surface area contributed by atoms with Crippen LogP contribution in [0, 0.1) is 10.1 Å². The molecule has 0 aliphatic heterocycles. The maximum Gasteiger partial charge on any atom is 0.311 e. The summed E-state index contributed by atoms with van der Waals surface area (Å²) in [6.07, 6.45) is 1.55. The highest BCUT2D eigenvalue weighted by atomic mass is 16.6. The molecule has 0 bridgehead atoms. The number of nitrogen functional groups attached to an aromatic ring is 1. The second-order valence-corrected chi connectivity index (χ2v) is 3.92. The summed E-state index contributed by atoms with van der Waals surface area (Å²) in [4.78, 5) is 14.1. The van der Waals surface area contributed by atoms with Gasteiger partial charge in [0.15, 0.2) is 0 Å². The van der Waals surface area contributed by atoms with Crippen molar-refractivity contribution < 1.29 is 10.0 Å². The van der Waals surface area contributed by atoms with Crippen molar-refractivity contribution in [2.45, 2.75) is 18.4 Å². The first kappa shape index (κ1) is 10.6. The van der Waals surface area contributed by atoms with Gasteiger partial charge in [0.1, 0.15) is 5.82 Å². The van der Waals surface area contributed by atoms with Crippen molar-refractivity contribution in [2.24, 2.45) is 0 Å². The second-order valence-electron chi connectivity index (χ2n) is 3.92. The number of hydrogen-bond acceptors (Lipinski definition) is 6. The molecule has 86 valence electrons. The largest absolute Gasteiger partial charge is 0.394 e. The summed E-state index contributed by atoms with van der Waals surface area (Å²) >= 11 is 0. The number of pyridine rings is 1. The lowest BCUT2D eigenvalue weighted by Gasteiger charge is -2.14. The van der Waals surface area contributed by atoms with Gasteiger partial charge in [0.05, 0.1) is 17.1 Å². The minimum Gasteiger partial charge on any atom is -0.394 e. The lowest BCUT2D eigenvalue weighted by atomic mass is 10.2. The summed E-state index contributed by atoms with van der Waals surface area (Å²) in [5, 5.41) is 22.8. The zero-order valence-electron chi connectivity index (χ0n) is 8.51. The Morgan fingerprint density at radius 1 is 1.62 bits per heavy atom. The van der Waals surface area contributed by atoms with Crippen molar-refractivity contribution >= 4 is 17.3 Å². The van der Waals surface area contributed by atoms with Crippen LogP contribution in [0.5, 0.6) is 0 Å². The summed E-state index contributed by atoms with van der Waals surface area (Å²) < 4.78 is 0. The zero-order valence-corrected chi connectivity index (χ0v) is 8.51. The molecule has 0 atom stereocenters. The average Bonchev–Trinajstić information content (AvgIpc) is 2.98. The van der Waals surface area contributed by atoms with Crippen molar-refractivity contribution in [3.8, 4) is 0 Å². The molecule has 1 saturated carbocycles. The van der Waals surface area contributed by atoms with Gasteiger partial charge in [-0.3, -0.25) is 10.1 Å². The first-order chi connectivity index (χ1) is 7.56. The van der Waals surface area contributed by atoms with Gasteiger partial charge in [-0.05, 0) is 18.9 Å². The van der Waals surface area contributed by atoms with E-state index in [-0.39, 0.29) is 23.9 Å². The number of rotatable bonds is 4. The molecule has 16 heavy (non-hydrogen) atoms. The third-order valence-electron chi connectivity index (χ3n) is 2.63. The average molecular weight is 224 g/mol. The minimum absolute atomic E-state index is 0.0688. The molecule has 0 spiro atoms. The Morgan fingerprint density at radius 3 is 2.81 bits per heavy atom. The standard InChI is InChI=1S/C9H12N4O3/c10-7-2-1-6(13(15)16)8(11-7)12-9(5-14)3-4-9/h1-2,14H,3-5H2,(H3,10,11,12). The van der Waals surface area contributed by atoms with Crippen molar-refractivity contribution in [1.82, 2.24) is 4.98 Å². The Morgan fingerprint density at radius 2 is 2.31 bits per heavy atom. The molecule has 1 fully saturated rings. The summed E-state index contributed by atoms with van der Waals surface area (Å²) in [6, 6.07) is 2.68. The highest BCUT2D eigenvalue weighted by molar-refractivity contribution is 5.61. The molecule has 0 aromatic carbocycles. The zero-order chi connectivity index (χ0) is 11.8. The van der Waals surface area contributed by atoms with Gasteiger partial charge in [0.25, 0.3) is 0 Å². The molecular formula is C9H12N4O3. The number of nitrogens with one attached hydrogen (secondary N) is 1. The van der Waals surface area contributed by atoms with Crippen LogP contribution in [0.25, 0.3) is 0 Å². The van der Waals surface area contributed by atoms with E-state index in [1.165, 1.54) is 12.1 Å². The summed E-state index contributed by atoms with van der Waals surface area (Å²) in [5.74, 6) is 0.332. The smallest absolute Gasteiger partial charge is 0.311 e. The number of aliphatic hydroxyl groups excluding tert-OH is 1. The topological polar surface area (TPSA) is 114 Å². The van der Waals surface area contributed by atoms with E-state index in [2.05, 4.69) is 10.3 Å². The van der Waals surface area contributed by atoms with Gasteiger partial charge in [0.2, 0.25) is 5.82 Å². The summed E-state index contributed by atoms with van der Waals surface area (Å²) in [5.41, 5.74) is 4.89. The van der Waals surface area contributed by atoms with E-state index in [9.17, 15) is 10.1 Å². The highest BCUT2D eigenvalue weighted by Crippen LogP contribution is 2.39. The molecule has 7 nitrogen and oxygen atoms in total. The van der Waals surface area contributed by atoms with E-state index in [1.54, 1.807) is 0 Å². The van der Waals surface area contributed by atoms with Crippen LogP contribution in [-0.2, 0) is 0 Å². The SMILES string of the molecule is Nc1ccc([N+](=O)[O-])c(NC2(CO)CC2)n1. The van der Waals surface area contributed by atoms with Crippen LogP contribution in [0.4, 0.5) is 17.3 Å². The molecule has 1 heterocycles. The van der Waals surface area contributed by atoms with E-state index < -0.39 is 10.5 Å². The van der Waals surface area contributed by atoms with Crippen molar-refractivity contribution in [1.29, 1.82) is 0 Å². The molecule has 1 aliphatic rings. The molecule has 2 rings (SSSR count). The Labute approximate surface area is 91.4 Å². The number of nitro groups is 1. The molecule has 0 unspecified atom stereocenters. The van der Waals surface area contributed by atoms with Crippen LogP contribution in [0.15, 0.2) is 12.1 Å². The van der Waals surface area contributed by atoms with Crippen LogP contribution < -0.4 is 11.1 Å². The first-order valence-corrected chi connectivity index (χ1v) is 4.86. The first-order valence-electron chi connectivity index (χ1n) is 4.86. The van der Waals surface area contributed by atoms with Gasteiger partial charge in [-0.1, -0.05) is 0 Å². The van der Waals surface area contributed by atoms with E-state index >= 15 is 0 Å². The third kappa shape index (κ3) is 1.89. The Kier molecular flexibility index (Phi) is 2.39. The predicted octanol–water partition coefficient (Wildman–Crippen LogP) is 0.509. The van der Waals surface area contributed by atoms with Gasteiger partial charge in [0, 0.05) is 6.07 Å². The van der Waals surface area contributed by atoms with Gasteiger partial charge < -0.3 is 16.2 Å². The van der Waals surface area contributed by atoms with Crippen LogP contribution in [0.1, 0.15) is 12.8 Å². The van der Waals surface area contributed by atoms with E-state index in [0.717, 1.165) is 12.8 Å². The molecular weight excluding hydrogens is 212 g/mol. The maximum absolute atomic E-state index is 10.7. The van der Waals surface area contributed by atoms with Gasteiger partial charge in [-0.15, -0.1) is 0 Å². The van der Waals surface area contributed by atoms with E-state index in [4.69, 9.17) is 10.8 Å². The number of nitrogens with two attached hydrogens (primary N) is 1. The van der Waals surface area contributed by atoms with Gasteiger partial charge >= 0.3 is 5.69 Å². The molecule has 0 amide bonds. The molecule has 0 saturated heterocycles. The van der Waals surface area contributed by atoms with Crippen molar-refractivity contribution in [2.75, 3.05) is 17.7 Å². The van der Waals surface area contributed by atoms with Crippen molar-refractivity contribution in [3.63, 3.8) is 0 Å². The van der Waals surface area contributed by atoms with Crippen LogP contribution in [-0.4, -0.2) is 27.2 Å². The fraction of sp³-hybridized carbons (Fsp3) is 0.444. The maximum atomic E-state index is 10.7. The van der Waals surface area contributed by atoms with E-state index in [1.807, 2.05) is 0 Å². The monoisotopic (exact) mass is 224 g/mol. The fourth-order valence-corrected chi connectivity index (χ4v) is 1.43. The predicted molar refractivity (Wildman–Crippen MR) is 58.0 cm³/mol. The number of aliphatic hydroxyl groups is 1. The van der Waals surface area contributed by atoms with Gasteiger partial charge in [-0.2, -0.15) is 0 Å². The normalized spacial score (nSPS) is 16.8. The Bertz CT molecular complexity index is 431. The Hall–Kier alpha value is -1.89. The lowest BCUT2D eigenvalue weighted by Crippen LogP contribution is -2.26. The van der Waals surface area contributed by atoms with Crippen LogP contribution in [0.2, 0.25) is 0 Å². The van der Waals surface area contributed by atoms with Gasteiger partial charge in [-0.25, -0.2) is 4.98 Å². The fourth-order valence-electron chi connectivity index (χ4n) is 1.43. The third-order valence-corrected chi connectivity index (χ3v) is 2.63. The summed E-state index contributed by atoms with van der Waals surface area (Å²) in [7, 11) is 0. The number of nitrogens with zero attached hydrogens (tertiary/aromatic N) is 2. The van der Waals surface area contributed by atoms with Crippen LogP contribution >= 0.6 is 0 Å². The molecule has 1 aromatic heterocycles. The minimum atomic E-state index is -0.526.